The number of carbonyl (C=O) groups is 1. The second-order valence-corrected chi connectivity index (χ2v) is 8.51. The molecule has 0 bridgehead atoms. The van der Waals surface area contributed by atoms with Crippen molar-refractivity contribution in [3.8, 4) is 0 Å². The summed E-state index contributed by atoms with van der Waals surface area (Å²) in [5.74, 6) is -0.629. The third-order valence-electron chi connectivity index (χ3n) is 4.71. The fraction of sp³-hybridized carbons (Fsp3) is 0.333. The summed E-state index contributed by atoms with van der Waals surface area (Å²) in [7, 11) is -3.73. The van der Waals surface area contributed by atoms with Gasteiger partial charge in [-0.15, -0.1) is 0 Å². The van der Waals surface area contributed by atoms with Crippen molar-refractivity contribution in [2.75, 3.05) is 21.7 Å². The van der Waals surface area contributed by atoms with E-state index >= 15 is 0 Å². The van der Waals surface area contributed by atoms with Crippen LogP contribution in [0.15, 0.2) is 42.6 Å². The Hall–Kier alpha value is -2.82. The molecule has 1 saturated carbocycles. The number of pyridine rings is 1. The minimum Gasteiger partial charge on any atom is -0.350 e. The first-order valence-corrected chi connectivity index (χ1v) is 10.3. The highest BCUT2D eigenvalue weighted by Gasteiger charge is 2.47. The van der Waals surface area contributed by atoms with E-state index in [1.54, 1.807) is 24.3 Å². The normalized spacial score (nSPS) is 17.9. The van der Waals surface area contributed by atoms with Crippen LogP contribution in [0.1, 0.15) is 28.9 Å². The minimum absolute atomic E-state index is 0.00235. The molecule has 0 unspecified atom stereocenters. The van der Waals surface area contributed by atoms with Crippen LogP contribution in [0, 0.1) is 0 Å². The van der Waals surface area contributed by atoms with Gasteiger partial charge in [0.2, 0.25) is 0 Å². The molecule has 2 heterocycles. The van der Waals surface area contributed by atoms with Crippen molar-refractivity contribution in [3.05, 3.63) is 53.9 Å². The first-order valence-electron chi connectivity index (χ1n) is 8.92. The Balaban J connectivity index is 1.43. The Bertz CT molecular complexity index is 1040. The van der Waals surface area contributed by atoms with E-state index in [0.29, 0.717) is 11.4 Å². The molecule has 1 fully saturated rings. The Morgan fingerprint density at radius 3 is 2.41 bits per heavy atom. The molecule has 2 aliphatic rings. The van der Waals surface area contributed by atoms with Crippen molar-refractivity contribution in [1.29, 1.82) is 0 Å². The number of benzene rings is 1. The lowest BCUT2D eigenvalue weighted by Gasteiger charge is -2.21. The second-order valence-electron chi connectivity index (χ2n) is 6.78. The van der Waals surface area contributed by atoms with Gasteiger partial charge in [0, 0.05) is 18.8 Å². The molecule has 7 nitrogen and oxygen atoms in total. The van der Waals surface area contributed by atoms with Crippen LogP contribution in [0.25, 0.3) is 0 Å². The first-order chi connectivity index (χ1) is 13.7. The third-order valence-corrected chi connectivity index (χ3v) is 6.64. The lowest BCUT2D eigenvalue weighted by atomic mass is 10.2. The number of fused-ring (bicyclic) bond motifs is 1. The zero-order chi connectivity index (χ0) is 20.8. The van der Waals surface area contributed by atoms with E-state index in [1.165, 1.54) is 8.61 Å². The summed E-state index contributed by atoms with van der Waals surface area (Å²) in [6, 6.07) is 8.68. The maximum Gasteiger partial charge on any atom is 0.433 e. The van der Waals surface area contributed by atoms with Crippen LogP contribution in [-0.4, -0.2) is 38.4 Å². The van der Waals surface area contributed by atoms with E-state index in [4.69, 9.17) is 0 Å². The van der Waals surface area contributed by atoms with E-state index in [9.17, 15) is 26.4 Å². The number of nitrogens with zero attached hydrogens (tertiary/aromatic N) is 3. The van der Waals surface area contributed by atoms with Crippen LogP contribution in [0.2, 0.25) is 0 Å². The van der Waals surface area contributed by atoms with Crippen LogP contribution in [-0.2, 0) is 16.4 Å². The van der Waals surface area contributed by atoms with Crippen LogP contribution in [0.5, 0.6) is 0 Å². The van der Waals surface area contributed by atoms with E-state index in [1.807, 2.05) is 0 Å². The number of hydrogen-bond donors (Lipinski definition) is 1. The van der Waals surface area contributed by atoms with Crippen molar-refractivity contribution in [3.63, 3.8) is 0 Å². The van der Waals surface area contributed by atoms with E-state index in [0.717, 1.165) is 31.2 Å². The Morgan fingerprint density at radius 1 is 1.14 bits per heavy atom. The predicted octanol–water partition coefficient (Wildman–Crippen LogP) is 2.56. The highest BCUT2D eigenvalue weighted by Crippen LogP contribution is 2.46. The number of amides is 1. The van der Waals surface area contributed by atoms with Gasteiger partial charge in [0.25, 0.3) is 5.91 Å². The van der Waals surface area contributed by atoms with Gasteiger partial charge in [0.15, 0.2) is 0 Å². The lowest BCUT2D eigenvalue weighted by Crippen LogP contribution is -2.42. The fourth-order valence-electron chi connectivity index (χ4n) is 3.22. The standard InChI is InChI=1S/C18H17F3N4O3S/c19-18(20,21)16-8-5-12(11-23-16)17(26)22-9-10-24-14-3-1-2-4-15(14)25(13-6-7-13)29(24,27)28/h1-5,8,11,13H,6-7,9-10H2,(H,22,26). The molecule has 4 rings (SSSR count). The lowest BCUT2D eigenvalue weighted by molar-refractivity contribution is -0.141. The zero-order valence-electron chi connectivity index (χ0n) is 15.1. The maximum absolute atomic E-state index is 12.9. The van der Waals surface area contributed by atoms with Crippen LogP contribution >= 0.6 is 0 Å². The number of anilines is 2. The van der Waals surface area contributed by atoms with Gasteiger partial charge < -0.3 is 5.32 Å². The van der Waals surface area contributed by atoms with E-state index in [-0.39, 0.29) is 24.7 Å². The molecule has 0 atom stereocenters. The summed E-state index contributed by atoms with van der Waals surface area (Å²) >= 11 is 0. The van der Waals surface area contributed by atoms with Crippen LogP contribution < -0.4 is 13.9 Å². The molecule has 1 aromatic heterocycles. The molecule has 154 valence electrons. The average molecular weight is 426 g/mol. The number of hydrogen-bond acceptors (Lipinski definition) is 4. The summed E-state index contributed by atoms with van der Waals surface area (Å²) in [6.07, 6.45) is -2.13. The van der Waals surface area contributed by atoms with Crippen LogP contribution in [0.3, 0.4) is 0 Å². The number of nitrogens with one attached hydrogen (secondary N) is 1. The number of carbonyl (C=O) groups excluding carboxylic acids is 1. The van der Waals surface area contributed by atoms with Gasteiger partial charge in [0.1, 0.15) is 5.69 Å². The first kappa shape index (κ1) is 19.5. The second kappa shape index (κ2) is 6.90. The van der Waals surface area contributed by atoms with Gasteiger partial charge in [-0.2, -0.15) is 21.6 Å². The summed E-state index contributed by atoms with van der Waals surface area (Å²) in [6.45, 7) is -0.00566. The average Bonchev–Trinajstić information content (AvgIpc) is 3.46. The molecule has 1 aliphatic carbocycles. The highest BCUT2D eigenvalue weighted by atomic mass is 32.2. The number of alkyl halides is 3. The van der Waals surface area contributed by atoms with Crippen molar-refractivity contribution < 1.29 is 26.4 Å². The molecule has 29 heavy (non-hydrogen) atoms. The molecule has 2 aromatic rings. The number of halogens is 3. The molecule has 0 saturated heterocycles. The molecule has 0 radical (unpaired) electrons. The van der Waals surface area contributed by atoms with Crippen molar-refractivity contribution in [1.82, 2.24) is 10.3 Å². The zero-order valence-corrected chi connectivity index (χ0v) is 15.9. The molecule has 11 heteroatoms. The summed E-state index contributed by atoms with van der Waals surface area (Å²) in [4.78, 5) is 15.4. The quantitative estimate of drug-likeness (QED) is 0.797. The monoisotopic (exact) mass is 426 g/mol. The Morgan fingerprint density at radius 2 is 1.83 bits per heavy atom. The Kier molecular flexibility index (Phi) is 4.64. The molecule has 1 aromatic carbocycles. The molecule has 1 aliphatic heterocycles. The van der Waals surface area contributed by atoms with E-state index in [2.05, 4.69) is 10.3 Å². The molecular weight excluding hydrogens is 409 g/mol. The number of para-hydroxylation sites is 2. The van der Waals surface area contributed by atoms with E-state index < -0.39 is 28.0 Å². The molecule has 1 N–H and O–H groups in total. The van der Waals surface area contributed by atoms with Crippen molar-refractivity contribution in [2.45, 2.75) is 25.1 Å². The minimum atomic E-state index is -4.58. The van der Waals surface area contributed by atoms with Crippen LogP contribution in [0.4, 0.5) is 24.5 Å². The number of aromatic nitrogens is 1. The summed E-state index contributed by atoms with van der Waals surface area (Å²) in [5.41, 5.74) is 0.0365. The maximum atomic E-state index is 12.9. The third kappa shape index (κ3) is 3.61. The topological polar surface area (TPSA) is 82.6 Å². The smallest absolute Gasteiger partial charge is 0.350 e. The summed E-state index contributed by atoms with van der Waals surface area (Å²) in [5, 5.41) is 2.53. The molecular formula is C18H17F3N4O3S. The van der Waals surface area contributed by atoms with Gasteiger partial charge in [-0.3, -0.25) is 9.78 Å². The van der Waals surface area contributed by atoms with Gasteiger partial charge in [-0.05, 0) is 37.1 Å². The predicted molar refractivity (Wildman–Crippen MR) is 99.8 cm³/mol. The Labute approximate surface area is 165 Å². The number of rotatable bonds is 5. The van der Waals surface area contributed by atoms with Crippen molar-refractivity contribution in [2.24, 2.45) is 0 Å². The van der Waals surface area contributed by atoms with Gasteiger partial charge >= 0.3 is 16.4 Å². The van der Waals surface area contributed by atoms with Gasteiger partial charge in [-0.25, -0.2) is 8.61 Å². The largest absolute Gasteiger partial charge is 0.433 e. The summed E-state index contributed by atoms with van der Waals surface area (Å²) < 4.78 is 66.2. The SMILES string of the molecule is O=C(NCCN1c2ccccc2N(C2CC2)S1(=O)=O)c1ccc(C(F)(F)F)nc1. The highest BCUT2D eigenvalue weighted by molar-refractivity contribution is 7.94. The van der Waals surface area contributed by atoms with Crippen molar-refractivity contribution >= 4 is 27.5 Å². The fourth-order valence-corrected chi connectivity index (χ4v) is 5.14. The van der Waals surface area contributed by atoms with Gasteiger partial charge in [0.05, 0.1) is 23.5 Å². The molecule has 0 spiro atoms. The molecule has 1 amide bonds. The van der Waals surface area contributed by atoms with Gasteiger partial charge in [-0.1, -0.05) is 12.1 Å².